The van der Waals surface area contributed by atoms with Gasteiger partial charge >= 0.3 is 0 Å². The minimum Gasteiger partial charge on any atom is -0.355 e. The zero-order chi connectivity index (χ0) is 9.73. The van der Waals surface area contributed by atoms with Gasteiger partial charge in [0.05, 0.1) is 0 Å². The van der Waals surface area contributed by atoms with E-state index in [1.54, 1.807) is 0 Å². The van der Waals surface area contributed by atoms with Crippen LogP contribution >= 0.6 is 0 Å². The lowest BCUT2D eigenvalue weighted by atomic mass is 10.1. The molecule has 1 fully saturated rings. The van der Waals surface area contributed by atoms with Crippen LogP contribution in [0, 0.1) is 5.41 Å². The van der Waals surface area contributed by atoms with Gasteiger partial charge in [0.15, 0.2) is 0 Å². The van der Waals surface area contributed by atoms with Crippen molar-refractivity contribution in [3.8, 4) is 0 Å². The Morgan fingerprint density at radius 3 is 2.54 bits per heavy atom. The number of hydrogen-bond donors (Lipinski definition) is 2. The molecule has 0 saturated heterocycles. The van der Waals surface area contributed by atoms with Gasteiger partial charge in [-0.2, -0.15) is 0 Å². The van der Waals surface area contributed by atoms with Gasteiger partial charge in [-0.05, 0) is 26.3 Å². The number of rotatable bonds is 6. The van der Waals surface area contributed by atoms with Crippen LogP contribution in [0.25, 0.3) is 0 Å². The first-order valence-corrected chi connectivity index (χ1v) is 5.14. The normalized spacial score (nSPS) is 18.3. The molecule has 1 aliphatic rings. The van der Waals surface area contributed by atoms with E-state index < -0.39 is 0 Å². The molecule has 0 spiro atoms. The minimum atomic E-state index is 0.199. The van der Waals surface area contributed by atoms with Crippen molar-refractivity contribution in [1.82, 2.24) is 10.6 Å². The van der Waals surface area contributed by atoms with Crippen LogP contribution in [0.15, 0.2) is 0 Å². The minimum absolute atomic E-state index is 0.199. The van der Waals surface area contributed by atoms with E-state index in [0.29, 0.717) is 11.8 Å². The first-order chi connectivity index (χ1) is 6.22. The highest BCUT2D eigenvalue weighted by Gasteiger charge is 2.41. The molecule has 13 heavy (non-hydrogen) atoms. The Labute approximate surface area is 80.3 Å². The largest absolute Gasteiger partial charge is 0.355 e. The Morgan fingerprint density at radius 2 is 2.08 bits per heavy atom. The molecule has 0 aromatic heterocycles. The maximum absolute atomic E-state index is 11.2. The lowest BCUT2D eigenvalue weighted by molar-refractivity contribution is -0.121. The molecule has 0 radical (unpaired) electrons. The fourth-order valence-corrected chi connectivity index (χ4v) is 1.57. The molecule has 0 atom stereocenters. The van der Waals surface area contributed by atoms with E-state index in [1.165, 1.54) is 12.8 Å². The summed E-state index contributed by atoms with van der Waals surface area (Å²) in [5, 5.41) is 6.17. The molecule has 76 valence electrons. The molecule has 2 N–H and O–H groups in total. The Morgan fingerprint density at radius 1 is 1.38 bits per heavy atom. The van der Waals surface area contributed by atoms with E-state index in [9.17, 15) is 4.79 Å². The highest BCUT2D eigenvalue weighted by Crippen LogP contribution is 2.44. The Kier molecular flexibility index (Phi) is 3.72. The van der Waals surface area contributed by atoms with Gasteiger partial charge in [0.25, 0.3) is 0 Å². The maximum Gasteiger partial charge on any atom is 0.220 e. The van der Waals surface area contributed by atoms with E-state index in [0.717, 1.165) is 19.5 Å². The van der Waals surface area contributed by atoms with Gasteiger partial charge in [-0.1, -0.05) is 6.92 Å². The third-order valence-electron chi connectivity index (χ3n) is 2.65. The molecule has 0 aliphatic heterocycles. The van der Waals surface area contributed by atoms with Gasteiger partial charge < -0.3 is 10.6 Å². The topological polar surface area (TPSA) is 41.1 Å². The molecule has 3 nitrogen and oxygen atoms in total. The predicted octanol–water partition coefficient (Wildman–Crippen LogP) is 0.902. The molecule has 0 aromatic carbocycles. The van der Waals surface area contributed by atoms with Crippen molar-refractivity contribution >= 4 is 5.91 Å². The van der Waals surface area contributed by atoms with E-state index in [4.69, 9.17) is 0 Å². The molecular formula is C10H20N2O. The Bertz CT molecular complexity index is 176. The van der Waals surface area contributed by atoms with Gasteiger partial charge in [0.1, 0.15) is 0 Å². The molecule has 0 bridgehead atoms. The van der Waals surface area contributed by atoms with E-state index in [-0.39, 0.29) is 5.91 Å². The second kappa shape index (κ2) is 4.61. The van der Waals surface area contributed by atoms with Crippen LogP contribution in [0.4, 0.5) is 0 Å². The molecule has 1 amide bonds. The molecular weight excluding hydrogens is 164 g/mol. The monoisotopic (exact) mass is 184 g/mol. The molecule has 1 saturated carbocycles. The number of amides is 1. The maximum atomic E-state index is 11.2. The summed E-state index contributed by atoms with van der Waals surface area (Å²) in [4.78, 5) is 11.2. The standard InChI is InChI=1S/C10H20N2O/c1-3-4-9(13)12-8-10(5-6-10)7-11-2/h11H,3-8H2,1-2H3,(H,12,13). The second-order valence-electron chi connectivity index (χ2n) is 4.06. The van der Waals surface area contributed by atoms with Crippen molar-refractivity contribution in [3.05, 3.63) is 0 Å². The van der Waals surface area contributed by atoms with Gasteiger partial charge in [-0.15, -0.1) is 0 Å². The van der Waals surface area contributed by atoms with Crippen molar-refractivity contribution in [2.24, 2.45) is 5.41 Å². The highest BCUT2D eigenvalue weighted by atomic mass is 16.1. The fraction of sp³-hybridized carbons (Fsp3) is 0.900. The van der Waals surface area contributed by atoms with Crippen molar-refractivity contribution in [2.75, 3.05) is 20.1 Å². The predicted molar refractivity (Wildman–Crippen MR) is 53.5 cm³/mol. The number of carbonyl (C=O) groups is 1. The Balaban J connectivity index is 2.14. The quantitative estimate of drug-likeness (QED) is 0.644. The average molecular weight is 184 g/mol. The summed E-state index contributed by atoms with van der Waals surface area (Å²) < 4.78 is 0. The molecule has 3 heteroatoms. The second-order valence-corrected chi connectivity index (χ2v) is 4.06. The summed E-state index contributed by atoms with van der Waals surface area (Å²) in [6.07, 6.45) is 4.10. The Hall–Kier alpha value is -0.570. The van der Waals surface area contributed by atoms with Crippen molar-refractivity contribution < 1.29 is 4.79 Å². The summed E-state index contributed by atoms with van der Waals surface area (Å²) in [5.41, 5.74) is 0.387. The SMILES string of the molecule is CCCC(=O)NCC1(CNC)CC1. The number of hydrogen-bond acceptors (Lipinski definition) is 2. The summed E-state index contributed by atoms with van der Waals surface area (Å²) in [7, 11) is 1.97. The van der Waals surface area contributed by atoms with Crippen molar-refractivity contribution in [1.29, 1.82) is 0 Å². The third kappa shape index (κ3) is 3.35. The molecule has 0 aromatic rings. The molecule has 0 heterocycles. The summed E-state index contributed by atoms with van der Waals surface area (Å²) >= 11 is 0. The van der Waals surface area contributed by atoms with Crippen LogP contribution < -0.4 is 10.6 Å². The average Bonchev–Trinajstić information content (AvgIpc) is 2.84. The zero-order valence-electron chi connectivity index (χ0n) is 8.65. The van der Waals surface area contributed by atoms with Gasteiger partial charge in [0.2, 0.25) is 5.91 Å². The summed E-state index contributed by atoms with van der Waals surface area (Å²) in [6.45, 7) is 3.91. The third-order valence-corrected chi connectivity index (χ3v) is 2.65. The van der Waals surface area contributed by atoms with Gasteiger partial charge in [-0.3, -0.25) is 4.79 Å². The number of carbonyl (C=O) groups excluding carboxylic acids is 1. The van der Waals surface area contributed by atoms with Crippen LogP contribution in [0.3, 0.4) is 0 Å². The lowest BCUT2D eigenvalue weighted by Crippen LogP contribution is -2.34. The molecule has 1 aliphatic carbocycles. The van der Waals surface area contributed by atoms with Crippen LogP contribution in [0.5, 0.6) is 0 Å². The fourth-order valence-electron chi connectivity index (χ4n) is 1.57. The van der Waals surface area contributed by atoms with Gasteiger partial charge in [-0.25, -0.2) is 0 Å². The van der Waals surface area contributed by atoms with E-state index in [2.05, 4.69) is 10.6 Å². The van der Waals surface area contributed by atoms with E-state index >= 15 is 0 Å². The zero-order valence-corrected chi connectivity index (χ0v) is 8.65. The summed E-state index contributed by atoms with van der Waals surface area (Å²) in [5.74, 6) is 0.199. The first kappa shape index (κ1) is 10.5. The smallest absolute Gasteiger partial charge is 0.220 e. The van der Waals surface area contributed by atoms with Crippen LogP contribution in [0.2, 0.25) is 0 Å². The molecule has 1 rings (SSSR count). The molecule has 0 unspecified atom stereocenters. The van der Waals surface area contributed by atoms with Crippen molar-refractivity contribution in [2.45, 2.75) is 32.6 Å². The van der Waals surface area contributed by atoms with Gasteiger partial charge in [0, 0.05) is 24.9 Å². The number of nitrogens with one attached hydrogen (secondary N) is 2. The van der Waals surface area contributed by atoms with Crippen LogP contribution in [0.1, 0.15) is 32.6 Å². The van der Waals surface area contributed by atoms with Crippen LogP contribution in [-0.4, -0.2) is 26.0 Å². The van der Waals surface area contributed by atoms with Crippen LogP contribution in [-0.2, 0) is 4.79 Å². The lowest BCUT2D eigenvalue weighted by Gasteiger charge is -2.14. The van der Waals surface area contributed by atoms with Crippen molar-refractivity contribution in [3.63, 3.8) is 0 Å². The first-order valence-electron chi connectivity index (χ1n) is 5.14. The highest BCUT2D eigenvalue weighted by molar-refractivity contribution is 5.75. The summed E-state index contributed by atoms with van der Waals surface area (Å²) in [6, 6.07) is 0. The van der Waals surface area contributed by atoms with E-state index in [1.807, 2.05) is 14.0 Å².